The van der Waals surface area contributed by atoms with Crippen LogP contribution in [0.25, 0.3) is 0 Å². The number of halogens is 1. The Hall–Kier alpha value is -1.54. The Bertz CT molecular complexity index is 584. The van der Waals surface area contributed by atoms with Crippen LogP contribution < -0.4 is 0 Å². The third kappa shape index (κ3) is 2.49. The molecule has 0 spiro atoms. The lowest BCUT2D eigenvalue weighted by Crippen LogP contribution is -2.00. The van der Waals surface area contributed by atoms with Crippen LogP contribution in [-0.2, 0) is 6.54 Å². The number of ketones is 1. The molecule has 0 aliphatic heterocycles. The first-order chi connectivity index (χ1) is 8.72. The lowest BCUT2D eigenvalue weighted by atomic mass is 10.1. The molecule has 1 fully saturated rings. The molecule has 1 aromatic carbocycles. The summed E-state index contributed by atoms with van der Waals surface area (Å²) >= 11 is 5.95. The molecule has 1 aromatic heterocycles. The van der Waals surface area contributed by atoms with Gasteiger partial charge in [0.05, 0.1) is 0 Å². The first kappa shape index (κ1) is 11.5. The fourth-order valence-corrected chi connectivity index (χ4v) is 2.33. The predicted molar refractivity (Wildman–Crippen MR) is 72.0 cm³/mol. The molecule has 1 heterocycles. The minimum atomic E-state index is 0.284. The van der Waals surface area contributed by atoms with Gasteiger partial charge in [-0.25, -0.2) is 0 Å². The van der Waals surface area contributed by atoms with Crippen LogP contribution in [0.3, 0.4) is 0 Å². The third-order valence-electron chi connectivity index (χ3n) is 3.24. The molecule has 1 aliphatic carbocycles. The summed E-state index contributed by atoms with van der Waals surface area (Å²) in [6.45, 7) is 0.749. The zero-order chi connectivity index (χ0) is 12.5. The molecule has 0 bridgehead atoms. The second-order valence-corrected chi connectivity index (χ2v) is 5.28. The Morgan fingerprint density at radius 3 is 2.89 bits per heavy atom. The van der Waals surface area contributed by atoms with E-state index in [1.807, 2.05) is 47.3 Å². The van der Waals surface area contributed by atoms with E-state index in [1.165, 1.54) is 0 Å². The van der Waals surface area contributed by atoms with Crippen LogP contribution in [0.1, 0.15) is 28.8 Å². The quantitative estimate of drug-likeness (QED) is 0.766. The molecule has 18 heavy (non-hydrogen) atoms. The van der Waals surface area contributed by atoms with E-state index in [9.17, 15) is 4.79 Å². The summed E-state index contributed by atoms with van der Waals surface area (Å²) in [5.41, 5.74) is 1.98. The molecule has 1 saturated carbocycles. The monoisotopic (exact) mass is 259 g/mol. The maximum atomic E-state index is 11.9. The molecule has 1 aliphatic rings. The zero-order valence-electron chi connectivity index (χ0n) is 9.97. The number of rotatable bonds is 4. The largest absolute Gasteiger partial charge is 0.349 e. The van der Waals surface area contributed by atoms with Crippen molar-refractivity contribution in [2.75, 3.05) is 0 Å². The maximum Gasteiger partial charge on any atom is 0.167 e. The van der Waals surface area contributed by atoms with Crippen LogP contribution in [0.4, 0.5) is 0 Å². The van der Waals surface area contributed by atoms with Gasteiger partial charge in [0.25, 0.3) is 0 Å². The fourth-order valence-electron chi connectivity index (χ4n) is 2.11. The maximum absolute atomic E-state index is 11.9. The molecule has 0 N–H and O–H groups in total. The minimum Gasteiger partial charge on any atom is -0.349 e. The summed E-state index contributed by atoms with van der Waals surface area (Å²) in [4.78, 5) is 11.9. The highest BCUT2D eigenvalue weighted by Crippen LogP contribution is 2.32. The molecule has 3 rings (SSSR count). The van der Waals surface area contributed by atoms with Crippen LogP contribution in [0.15, 0.2) is 42.7 Å². The van der Waals surface area contributed by atoms with Crippen LogP contribution >= 0.6 is 11.6 Å². The Morgan fingerprint density at radius 1 is 1.33 bits per heavy atom. The average molecular weight is 260 g/mol. The summed E-state index contributed by atoms with van der Waals surface area (Å²) in [6.07, 6.45) is 5.99. The number of Topliss-reactive ketones (excluding diaryl/α,β-unsaturated/α-hetero) is 1. The van der Waals surface area contributed by atoms with Crippen LogP contribution in [0.2, 0.25) is 5.02 Å². The van der Waals surface area contributed by atoms with Gasteiger partial charge < -0.3 is 4.57 Å². The van der Waals surface area contributed by atoms with Crippen LogP contribution in [0.5, 0.6) is 0 Å². The van der Waals surface area contributed by atoms with E-state index in [0.717, 1.165) is 35.5 Å². The minimum absolute atomic E-state index is 0.284. The molecule has 0 unspecified atom stereocenters. The highest BCUT2D eigenvalue weighted by atomic mass is 35.5. The second-order valence-electron chi connectivity index (χ2n) is 4.84. The zero-order valence-corrected chi connectivity index (χ0v) is 10.7. The number of benzene rings is 1. The number of nitrogens with zero attached hydrogens (tertiary/aromatic N) is 1. The van der Waals surface area contributed by atoms with Crippen molar-refractivity contribution in [1.29, 1.82) is 0 Å². The molecule has 2 nitrogen and oxygen atoms in total. The van der Waals surface area contributed by atoms with Crippen LogP contribution in [-0.4, -0.2) is 10.4 Å². The number of carbonyl (C=O) groups excluding carboxylic acids is 1. The fraction of sp³-hybridized carbons (Fsp3) is 0.267. The lowest BCUT2D eigenvalue weighted by molar-refractivity contribution is 0.0967. The number of carbonyl (C=O) groups is 1. The number of aromatic nitrogens is 1. The van der Waals surface area contributed by atoms with Crippen molar-refractivity contribution in [3.8, 4) is 0 Å². The molecular formula is C15H14ClNO. The van der Waals surface area contributed by atoms with Gasteiger partial charge in [-0.15, -0.1) is 0 Å². The van der Waals surface area contributed by atoms with Gasteiger partial charge in [-0.1, -0.05) is 23.7 Å². The van der Waals surface area contributed by atoms with Crippen LogP contribution in [0, 0.1) is 5.92 Å². The third-order valence-corrected chi connectivity index (χ3v) is 3.47. The van der Waals surface area contributed by atoms with E-state index in [2.05, 4.69) is 0 Å². The molecule has 0 radical (unpaired) electrons. The van der Waals surface area contributed by atoms with Crippen molar-refractivity contribution in [3.05, 3.63) is 58.9 Å². The van der Waals surface area contributed by atoms with E-state index in [4.69, 9.17) is 11.6 Å². The van der Waals surface area contributed by atoms with E-state index in [-0.39, 0.29) is 5.92 Å². The molecule has 92 valence electrons. The Balaban J connectivity index is 1.75. The molecule has 0 amide bonds. The highest BCUT2D eigenvalue weighted by Gasteiger charge is 2.30. The number of hydrogen-bond donors (Lipinski definition) is 0. The van der Waals surface area contributed by atoms with Gasteiger partial charge in [0, 0.05) is 35.4 Å². The molecular weight excluding hydrogens is 246 g/mol. The summed E-state index contributed by atoms with van der Waals surface area (Å²) < 4.78 is 2.03. The summed E-state index contributed by atoms with van der Waals surface area (Å²) in [7, 11) is 0. The smallest absolute Gasteiger partial charge is 0.167 e. The Morgan fingerprint density at radius 2 is 2.17 bits per heavy atom. The van der Waals surface area contributed by atoms with Crippen molar-refractivity contribution in [3.63, 3.8) is 0 Å². The highest BCUT2D eigenvalue weighted by molar-refractivity contribution is 6.30. The van der Waals surface area contributed by atoms with Gasteiger partial charge in [0.2, 0.25) is 0 Å². The van der Waals surface area contributed by atoms with E-state index < -0.39 is 0 Å². The van der Waals surface area contributed by atoms with Gasteiger partial charge in [-0.05, 0) is 36.6 Å². The standard InChI is InChI=1S/C15H14ClNO/c16-14-3-1-2-11(8-14)9-17-7-6-13(10-17)15(18)12-4-5-12/h1-3,6-8,10,12H,4-5,9H2. The van der Waals surface area contributed by atoms with Gasteiger partial charge in [-0.3, -0.25) is 4.79 Å². The van der Waals surface area contributed by atoms with Gasteiger partial charge in [-0.2, -0.15) is 0 Å². The first-order valence-electron chi connectivity index (χ1n) is 6.17. The summed E-state index contributed by atoms with van der Waals surface area (Å²) in [6, 6.07) is 9.70. The molecule has 2 aromatic rings. The van der Waals surface area contributed by atoms with Gasteiger partial charge in [0.1, 0.15) is 0 Å². The van der Waals surface area contributed by atoms with Crippen molar-refractivity contribution >= 4 is 17.4 Å². The predicted octanol–water partition coefficient (Wildman–Crippen LogP) is 3.78. The normalized spacial score (nSPS) is 14.7. The van der Waals surface area contributed by atoms with Crippen molar-refractivity contribution in [2.45, 2.75) is 19.4 Å². The van der Waals surface area contributed by atoms with Crippen molar-refractivity contribution in [2.24, 2.45) is 5.92 Å². The second kappa shape index (κ2) is 4.62. The van der Waals surface area contributed by atoms with Gasteiger partial charge in [0.15, 0.2) is 5.78 Å². The summed E-state index contributed by atoms with van der Waals surface area (Å²) in [5.74, 6) is 0.576. The SMILES string of the molecule is O=C(c1ccn(Cc2cccc(Cl)c2)c1)C1CC1. The van der Waals surface area contributed by atoms with Crippen molar-refractivity contribution in [1.82, 2.24) is 4.57 Å². The molecule has 3 heteroatoms. The van der Waals surface area contributed by atoms with Gasteiger partial charge >= 0.3 is 0 Å². The first-order valence-corrected chi connectivity index (χ1v) is 6.54. The number of hydrogen-bond acceptors (Lipinski definition) is 1. The average Bonchev–Trinajstić information content (AvgIpc) is 3.09. The Kier molecular flexibility index (Phi) is 2.96. The Labute approximate surface area is 111 Å². The lowest BCUT2D eigenvalue weighted by Gasteiger charge is -2.03. The van der Waals surface area contributed by atoms with E-state index in [1.54, 1.807) is 0 Å². The van der Waals surface area contributed by atoms with E-state index >= 15 is 0 Å². The van der Waals surface area contributed by atoms with Crippen molar-refractivity contribution < 1.29 is 4.79 Å². The molecule has 0 atom stereocenters. The molecule has 0 saturated heterocycles. The summed E-state index contributed by atoms with van der Waals surface area (Å²) in [5, 5.41) is 0.744. The van der Waals surface area contributed by atoms with E-state index in [0.29, 0.717) is 5.78 Å². The topological polar surface area (TPSA) is 22.0 Å².